The average molecular weight is 294 g/mol. The molecule has 0 spiro atoms. The zero-order valence-corrected chi connectivity index (χ0v) is 11.2. The van der Waals surface area contributed by atoms with Crippen molar-refractivity contribution in [3.8, 4) is 0 Å². The van der Waals surface area contributed by atoms with Gasteiger partial charge in [0.25, 0.3) is 5.91 Å². The quantitative estimate of drug-likeness (QED) is 0.912. The highest BCUT2D eigenvalue weighted by atomic mass is 79.9. The van der Waals surface area contributed by atoms with E-state index in [0.29, 0.717) is 11.3 Å². The molecule has 0 aliphatic heterocycles. The summed E-state index contributed by atoms with van der Waals surface area (Å²) in [6, 6.07) is 7.42. The van der Waals surface area contributed by atoms with Crippen LogP contribution in [0.1, 0.15) is 21.7 Å². The maximum absolute atomic E-state index is 11.9. The highest BCUT2D eigenvalue weighted by Gasteiger charge is 2.11. The minimum Gasteiger partial charge on any atom is -0.469 e. The smallest absolute Gasteiger partial charge is 0.259 e. The Morgan fingerprint density at radius 3 is 2.65 bits per heavy atom. The van der Waals surface area contributed by atoms with Crippen molar-refractivity contribution < 1.29 is 9.21 Å². The minimum atomic E-state index is -0.159. The number of hydrogen-bond acceptors (Lipinski definition) is 2. The van der Waals surface area contributed by atoms with Crippen molar-refractivity contribution >= 4 is 27.5 Å². The molecular weight excluding hydrogens is 282 g/mol. The Balaban J connectivity index is 2.21. The standard InChI is InChI=1S/C13H12BrNO2/c1-8-5-10(14)7-11(6-8)15-13(16)12-3-4-17-9(12)2/h3-7H,1-2H3,(H,15,16). The van der Waals surface area contributed by atoms with Crippen LogP contribution in [0.25, 0.3) is 0 Å². The van der Waals surface area contributed by atoms with Gasteiger partial charge in [0.1, 0.15) is 5.76 Å². The number of furan rings is 1. The lowest BCUT2D eigenvalue weighted by Crippen LogP contribution is -2.12. The molecule has 0 radical (unpaired) electrons. The molecule has 3 nitrogen and oxygen atoms in total. The maximum Gasteiger partial charge on any atom is 0.259 e. The minimum absolute atomic E-state index is 0.159. The predicted octanol–water partition coefficient (Wildman–Crippen LogP) is 3.91. The third-order valence-corrected chi connectivity index (χ3v) is 2.86. The first-order valence-corrected chi connectivity index (χ1v) is 5.98. The molecule has 0 bridgehead atoms. The SMILES string of the molecule is Cc1cc(Br)cc(NC(=O)c2ccoc2C)c1. The second-order valence-electron chi connectivity index (χ2n) is 3.86. The number of amides is 1. The summed E-state index contributed by atoms with van der Waals surface area (Å²) in [6.45, 7) is 3.74. The second kappa shape index (κ2) is 4.75. The molecule has 0 unspecified atom stereocenters. The highest BCUT2D eigenvalue weighted by Crippen LogP contribution is 2.20. The number of carbonyl (C=O) groups excluding carboxylic acids is 1. The van der Waals surface area contributed by atoms with E-state index in [4.69, 9.17) is 4.42 Å². The summed E-state index contributed by atoms with van der Waals surface area (Å²) >= 11 is 3.40. The molecule has 0 atom stereocenters. The first-order valence-electron chi connectivity index (χ1n) is 5.19. The Bertz CT molecular complexity index is 540. The normalized spacial score (nSPS) is 10.3. The zero-order chi connectivity index (χ0) is 12.4. The van der Waals surface area contributed by atoms with E-state index in [2.05, 4.69) is 21.2 Å². The molecule has 4 heteroatoms. The van der Waals surface area contributed by atoms with E-state index in [9.17, 15) is 4.79 Å². The van der Waals surface area contributed by atoms with Crippen molar-refractivity contribution in [1.29, 1.82) is 0 Å². The number of rotatable bonds is 2. The summed E-state index contributed by atoms with van der Waals surface area (Å²) in [5, 5.41) is 2.84. The molecular formula is C13H12BrNO2. The molecule has 88 valence electrons. The number of hydrogen-bond donors (Lipinski definition) is 1. The van der Waals surface area contributed by atoms with E-state index >= 15 is 0 Å². The topological polar surface area (TPSA) is 42.2 Å². The number of halogens is 1. The van der Waals surface area contributed by atoms with Gasteiger partial charge in [-0.2, -0.15) is 0 Å². The highest BCUT2D eigenvalue weighted by molar-refractivity contribution is 9.10. The molecule has 17 heavy (non-hydrogen) atoms. The van der Waals surface area contributed by atoms with Gasteiger partial charge in [0.05, 0.1) is 11.8 Å². The second-order valence-corrected chi connectivity index (χ2v) is 4.78. The number of aryl methyl sites for hydroxylation is 2. The lowest BCUT2D eigenvalue weighted by molar-refractivity contribution is 0.102. The van der Waals surface area contributed by atoms with Gasteiger partial charge in [0.2, 0.25) is 0 Å². The number of anilines is 1. The van der Waals surface area contributed by atoms with Crippen molar-refractivity contribution in [1.82, 2.24) is 0 Å². The molecule has 1 heterocycles. The van der Waals surface area contributed by atoms with E-state index in [1.807, 2.05) is 25.1 Å². The molecule has 1 aromatic carbocycles. The Labute approximate surface area is 108 Å². The average Bonchev–Trinajstić information content (AvgIpc) is 2.62. The molecule has 0 fully saturated rings. The van der Waals surface area contributed by atoms with E-state index in [0.717, 1.165) is 15.7 Å². The van der Waals surface area contributed by atoms with E-state index in [1.54, 1.807) is 13.0 Å². The lowest BCUT2D eigenvalue weighted by atomic mass is 10.2. The van der Waals surface area contributed by atoms with Gasteiger partial charge in [-0.15, -0.1) is 0 Å². The van der Waals surface area contributed by atoms with Crippen molar-refractivity contribution in [3.63, 3.8) is 0 Å². The van der Waals surface area contributed by atoms with Gasteiger partial charge in [-0.1, -0.05) is 15.9 Å². The van der Waals surface area contributed by atoms with E-state index in [-0.39, 0.29) is 5.91 Å². The molecule has 1 aromatic heterocycles. The number of nitrogens with one attached hydrogen (secondary N) is 1. The van der Waals surface area contributed by atoms with Crippen molar-refractivity contribution in [3.05, 3.63) is 51.9 Å². The fourth-order valence-corrected chi connectivity index (χ4v) is 2.24. The summed E-state index contributed by atoms with van der Waals surface area (Å²) in [4.78, 5) is 11.9. The summed E-state index contributed by atoms with van der Waals surface area (Å²) in [7, 11) is 0. The van der Waals surface area contributed by atoms with Crippen LogP contribution in [-0.2, 0) is 0 Å². The zero-order valence-electron chi connectivity index (χ0n) is 9.58. The third-order valence-electron chi connectivity index (χ3n) is 2.40. The molecule has 1 N–H and O–H groups in total. The molecule has 2 aromatic rings. The van der Waals surface area contributed by atoms with Gasteiger partial charge in [-0.25, -0.2) is 0 Å². The van der Waals surface area contributed by atoms with Crippen LogP contribution in [0.2, 0.25) is 0 Å². The lowest BCUT2D eigenvalue weighted by Gasteiger charge is -2.06. The van der Waals surface area contributed by atoms with Crippen LogP contribution in [0.15, 0.2) is 39.4 Å². The third kappa shape index (κ3) is 2.77. The molecule has 1 amide bonds. The molecule has 0 saturated carbocycles. The summed E-state index contributed by atoms with van der Waals surface area (Å²) < 4.78 is 6.04. The van der Waals surface area contributed by atoms with Gasteiger partial charge in [0.15, 0.2) is 0 Å². The van der Waals surface area contributed by atoms with Gasteiger partial charge in [0, 0.05) is 10.2 Å². The van der Waals surface area contributed by atoms with Gasteiger partial charge >= 0.3 is 0 Å². The molecule has 0 saturated heterocycles. The first kappa shape index (κ1) is 11.9. The molecule has 0 aliphatic rings. The Hall–Kier alpha value is -1.55. The van der Waals surface area contributed by atoms with Crippen molar-refractivity contribution in [2.75, 3.05) is 5.32 Å². The Kier molecular flexibility index (Phi) is 3.33. The summed E-state index contributed by atoms with van der Waals surface area (Å²) in [5.74, 6) is 0.461. The summed E-state index contributed by atoms with van der Waals surface area (Å²) in [6.07, 6.45) is 1.51. The van der Waals surface area contributed by atoms with Crippen molar-refractivity contribution in [2.24, 2.45) is 0 Å². The molecule has 0 aliphatic carbocycles. The van der Waals surface area contributed by atoms with Crippen molar-refractivity contribution in [2.45, 2.75) is 13.8 Å². The largest absolute Gasteiger partial charge is 0.469 e. The summed E-state index contributed by atoms with van der Waals surface area (Å²) in [5.41, 5.74) is 2.41. The van der Waals surface area contributed by atoms with Crippen LogP contribution in [0.5, 0.6) is 0 Å². The van der Waals surface area contributed by atoms with E-state index < -0.39 is 0 Å². The van der Waals surface area contributed by atoms with Crippen LogP contribution in [-0.4, -0.2) is 5.91 Å². The van der Waals surface area contributed by atoms with Crippen LogP contribution in [0, 0.1) is 13.8 Å². The fraction of sp³-hybridized carbons (Fsp3) is 0.154. The van der Waals surface area contributed by atoms with Crippen LogP contribution in [0.3, 0.4) is 0 Å². The Morgan fingerprint density at radius 2 is 2.06 bits per heavy atom. The van der Waals surface area contributed by atoms with Gasteiger partial charge in [-0.05, 0) is 43.7 Å². The van der Waals surface area contributed by atoms with Gasteiger partial charge in [-0.3, -0.25) is 4.79 Å². The fourth-order valence-electron chi connectivity index (χ4n) is 1.63. The van der Waals surface area contributed by atoms with Crippen LogP contribution < -0.4 is 5.32 Å². The van der Waals surface area contributed by atoms with E-state index in [1.165, 1.54) is 6.26 Å². The van der Waals surface area contributed by atoms with Crippen LogP contribution in [0.4, 0.5) is 5.69 Å². The maximum atomic E-state index is 11.9. The first-order chi connectivity index (χ1) is 8.06. The van der Waals surface area contributed by atoms with Gasteiger partial charge < -0.3 is 9.73 Å². The number of benzene rings is 1. The predicted molar refractivity (Wildman–Crippen MR) is 70.3 cm³/mol. The monoisotopic (exact) mass is 293 g/mol. The Morgan fingerprint density at radius 1 is 1.29 bits per heavy atom. The number of carbonyl (C=O) groups is 1. The van der Waals surface area contributed by atoms with Crippen LogP contribution >= 0.6 is 15.9 Å². The molecule has 2 rings (SSSR count).